The molecule has 112 valence electrons. The third kappa shape index (κ3) is 3.69. The molecule has 0 spiro atoms. The van der Waals surface area contributed by atoms with Crippen molar-refractivity contribution < 1.29 is 4.92 Å². The Morgan fingerprint density at radius 1 is 1.33 bits per heavy atom. The highest BCUT2D eigenvalue weighted by atomic mass is 32.1. The minimum atomic E-state index is -0.396. The highest BCUT2D eigenvalue weighted by Crippen LogP contribution is 2.31. The maximum absolute atomic E-state index is 11.0. The molecule has 1 aromatic carbocycles. The maximum Gasteiger partial charge on any atom is 0.273 e. The largest absolute Gasteiger partial charge is 0.385 e. The van der Waals surface area contributed by atoms with Gasteiger partial charge in [0.05, 0.1) is 10.5 Å². The van der Waals surface area contributed by atoms with Crippen molar-refractivity contribution in [3.05, 3.63) is 44.9 Å². The van der Waals surface area contributed by atoms with Crippen molar-refractivity contribution in [2.75, 3.05) is 17.2 Å². The molecule has 0 saturated heterocycles. The van der Waals surface area contributed by atoms with Gasteiger partial charge in [0.1, 0.15) is 5.01 Å². The molecule has 1 heterocycles. The second kappa shape index (κ2) is 6.09. The Morgan fingerprint density at radius 3 is 2.62 bits per heavy atom. The Labute approximate surface area is 127 Å². The number of aromatic nitrogens is 1. The van der Waals surface area contributed by atoms with E-state index in [2.05, 4.69) is 15.6 Å². The lowest BCUT2D eigenvalue weighted by molar-refractivity contribution is -0.384. The predicted octanol–water partition coefficient (Wildman–Crippen LogP) is 3.83. The van der Waals surface area contributed by atoms with E-state index in [0.717, 1.165) is 10.7 Å². The molecule has 0 unspecified atom stereocenters. The summed E-state index contributed by atoms with van der Waals surface area (Å²) < 4.78 is 0. The number of nitrogens with zero attached hydrogens (tertiary/aromatic N) is 2. The SMILES string of the molecule is CCNc1cc(NC(C)(C)c2nccs2)cc([N+](=O)[O-])c1. The highest BCUT2D eigenvalue weighted by Gasteiger charge is 2.24. The van der Waals surface area contributed by atoms with E-state index >= 15 is 0 Å². The molecule has 0 aliphatic heterocycles. The lowest BCUT2D eigenvalue weighted by atomic mass is 10.1. The van der Waals surface area contributed by atoms with Crippen LogP contribution in [0.2, 0.25) is 0 Å². The summed E-state index contributed by atoms with van der Waals surface area (Å²) >= 11 is 1.55. The first kappa shape index (κ1) is 15.2. The smallest absolute Gasteiger partial charge is 0.273 e. The molecule has 0 radical (unpaired) electrons. The van der Waals surface area contributed by atoms with Gasteiger partial charge in [-0.25, -0.2) is 4.98 Å². The average molecular weight is 306 g/mol. The lowest BCUT2D eigenvalue weighted by Crippen LogP contribution is -2.27. The monoisotopic (exact) mass is 306 g/mol. The summed E-state index contributed by atoms with van der Waals surface area (Å²) in [6.45, 7) is 6.65. The maximum atomic E-state index is 11.0. The number of nitro benzene ring substituents is 1. The molecule has 0 saturated carbocycles. The van der Waals surface area contributed by atoms with Crippen molar-refractivity contribution in [3.8, 4) is 0 Å². The molecule has 0 amide bonds. The molecule has 0 fully saturated rings. The number of hydrogen-bond acceptors (Lipinski definition) is 6. The number of nitrogens with one attached hydrogen (secondary N) is 2. The number of thiazole rings is 1. The van der Waals surface area contributed by atoms with Crippen LogP contribution in [-0.4, -0.2) is 16.5 Å². The van der Waals surface area contributed by atoms with Crippen molar-refractivity contribution in [1.82, 2.24) is 4.98 Å². The molecule has 21 heavy (non-hydrogen) atoms. The fourth-order valence-corrected chi connectivity index (χ4v) is 2.76. The van der Waals surface area contributed by atoms with Crippen LogP contribution in [0.3, 0.4) is 0 Å². The predicted molar refractivity (Wildman–Crippen MR) is 86.0 cm³/mol. The van der Waals surface area contributed by atoms with Gasteiger partial charge in [0.25, 0.3) is 5.69 Å². The molecule has 0 aliphatic carbocycles. The third-order valence-electron chi connectivity index (χ3n) is 2.93. The summed E-state index contributed by atoms with van der Waals surface area (Å²) in [7, 11) is 0. The van der Waals surface area contributed by atoms with E-state index in [1.807, 2.05) is 32.2 Å². The zero-order valence-electron chi connectivity index (χ0n) is 12.2. The molecule has 0 atom stereocenters. The summed E-state index contributed by atoms with van der Waals surface area (Å²) in [4.78, 5) is 15.0. The van der Waals surface area contributed by atoms with E-state index < -0.39 is 5.54 Å². The van der Waals surface area contributed by atoms with Gasteiger partial charge in [0.15, 0.2) is 0 Å². The topological polar surface area (TPSA) is 80.1 Å². The van der Waals surface area contributed by atoms with E-state index in [-0.39, 0.29) is 10.6 Å². The van der Waals surface area contributed by atoms with Crippen LogP contribution in [0.4, 0.5) is 17.1 Å². The number of nitro groups is 1. The summed E-state index contributed by atoms with van der Waals surface area (Å²) in [6, 6.07) is 4.94. The van der Waals surface area contributed by atoms with E-state index in [1.54, 1.807) is 17.5 Å². The number of hydrogen-bond donors (Lipinski definition) is 2. The fraction of sp³-hybridized carbons (Fsp3) is 0.357. The zero-order chi connectivity index (χ0) is 15.5. The molecule has 2 aromatic rings. The van der Waals surface area contributed by atoms with Crippen LogP contribution in [0, 0.1) is 10.1 Å². The average Bonchev–Trinajstić information content (AvgIpc) is 2.92. The van der Waals surface area contributed by atoms with Crippen molar-refractivity contribution in [1.29, 1.82) is 0 Å². The second-order valence-corrected chi connectivity index (χ2v) is 6.04. The molecule has 0 aliphatic rings. The number of non-ortho nitro benzene ring substituents is 1. The fourth-order valence-electron chi connectivity index (χ4n) is 2.04. The molecular weight excluding hydrogens is 288 g/mol. The van der Waals surface area contributed by atoms with Crippen molar-refractivity contribution in [2.24, 2.45) is 0 Å². The van der Waals surface area contributed by atoms with Gasteiger partial charge in [-0.3, -0.25) is 10.1 Å². The van der Waals surface area contributed by atoms with Gasteiger partial charge in [0, 0.05) is 41.6 Å². The number of rotatable bonds is 6. The van der Waals surface area contributed by atoms with Gasteiger partial charge in [-0.15, -0.1) is 11.3 Å². The van der Waals surface area contributed by atoms with Crippen LogP contribution in [0.15, 0.2) is 29.8 Å². The molecule has 7 heteroatoms. The molecule has 1 aromatic heterocycles. The first-order valence-electron chi connectivity index (χ1n) is 6.64. The molecule has 6 nitrogen and oxygen atoms in total. The Balaban J connectivity index is 2.32. The molecule has 0 bridgehead atoms. The third-order valence-corrected chi connectivity index (χ3v) is 4.03. The summed E-state index contributed by atoms with van der Waals surface area (Å²) in [5.74, 6) is 0. The normalized spacial score (nSPS) is 11.2. The van der Waals surface area contributed by atoms with Crippen LogP contribution >= 0.6 is 11.3 Å². The van der Waals surface area contributed by atoms with Gasteiger partial charge in [-0.2, -0.15) is 0 Å². The second-order valence-electron chi connectivity index (χ2n) is 5.14. The Kier molecular flexibility index (Phi) is 4.42. The quantitative estimate of drug-likeness (QED) is 0.626. The van der Waals surface area contributed by atoms with Gasteiger partial charge in [0.2, 0.25) is 0 Å². The van der Waals surface area contributed by atoms with Crippen LogP contribution in [0.1, 0.15) is 25.8 Å². The van der Waals surface area contributed by atoms with E-state index in [1.165, 1.54) is 12.1 Å². The van der Waals surface area contributed by atoms with Gasteiger partial charge in [-0.05, 0) is 26.8 Å². The van der Waals surface area contributed by atoms with Gasteiger partial charge < -0.3 is 10.6 Å². The van der Waals surface area contributed by atoms with Crippen LogP contribution < -0.4 is 10.6 Å². The van der Waals surface area contributed by atoms with Crippen molar-refractivity contribution in [3.63, 3.8) is 0 Å². The Morgan fingerprint density at radius 2 is 2.05 bits per heavy atom. The lowest BCUT2D eigenvalue weighted by Gasteiger charge is -2.25. The van der Waals surface area contributed by atoms with Crippen molar-refractivity contribution in [2.45, 2.75) is 26.3 Å². The van der Waals surface area contributed by atoms with Gasteiger partial charge >= 0.3 is 0 Å². The van der Waals surface area contributed by atoms with Crippen LogP contribution in [0.25, 0.3) is 0 Å². The Hall–Kier alpha value is -2.15. The number of anilines is 2. The first-order valence-corrected chi connectivity index (χ1v) is 7.52. The number of benzene rings is 1. The first-order chi connectivity index (χ1) is 9.92. The highest BCUT2D eigenvalue weighted by molar-refractivity contribution is 7.09. The van der Waals surface area contributed by atoms with E-state index in [4.69, 9.17) is 0 Å². The molecule has 2 rings (SSSR count). The minimum Gasteiger partial charge on any atom is -0.385 e. The summed E-state index contributed by atoms with van der Waals surface area (Å²) in [5.41, 5.74) is 1.09. The van der Waals surface area contributed by atoms with Gasteiger partial charge in [-0.1, -0.05) is 0 Å². The Bertz CT molecular complexity index is 626. The van der Waals surface area contributed by atoms with Crippen LogP contribution in [-0.2, 0) is 5.54 Å². The summed E-state index contributed by atoms with van der Waals surface area (Å²) in [6.07, 6.45) is 1.75. The van der Waals surface area contributed by atoms with Crippen LogP contribution in [0.5, 0.6) is 0 Å². The molecule has 2 N–H and O–H groups in total. The summed E-state index contributed by atoms with van der Waals surface area (Å²) in [5, 5.41) is 20.3. The van der Waals surface area contributed by atoms with Crippen molar-refractivity contribution >= 4 is 28.4 Å². The molecular formula is C14H18N4O2S. The van der Waals surface area contributed by atoms with E-state index in [9.17, 15) is 10.1 Å². The zero-order valence-corrected chi connectivity index (χ0v) is 13.0. The van der Waals surface area contributed by atoms with E-state index in [0.29, 0.717) is 12.2 Å². The standard InChI is InChI=1S/C14H18N4O2S/c1-4-15-10-7-11(9-12(8-10)18(19)20)17-14(2,3)13-16-5-6-21-13/h5-9,15,17H,4H2,1-3H3. The minimum absolute atomic E-state index is 0.0610.